The van der Waals surface area contributed by atoms with Gasteiger partial charge >= 0.3 is 5.97 Å². The number of benzene rings is 1. The van der Waals surface area contributed by atoms with Crippen molar-refractivity contribution in [1.82, 2.24) is 29.2 Å². The predicted molar refractivity (Wildman–Crippen MR) is 192 cm³/mol. The summed E-state index contributed by atoms with van der Waals surface area (Å²) in [7, 11) is 1.34. The van der Waals surface area contributed by atoms with Crippen LogP contribution < -0.4 is 4.90 Å². The highest BCUT2D eigenvalue weighted by Gasteiger charge is 2.35. The molecule has 1 saturated heterocycles. The van der Waals surface area contributed by atoms with Crippen LogP contribution in [0.15, 0.2) is 47.2 Å². The topological polar surface area (TPSA) is 120 Å². The number of fused-ring (bicyclic) bond motifs is 3. The first-order valence-corrected chi connectivity index (χ1v) is 18.3. The van der Waals surface area contributed by atoms with Gasteiger partial charge in [-0.25, -0.2) is 13.8 Å². The lowest BCUT2D eigenvalue weighted by Crippen LogP contribution is -2.36. The van der Waals surface area contributed by atoms with Crippen molar-refractivity contribution < 1.29 is 32.4 Å². The van der Waals surface area contributed by atoms with Crippen molar-refractivity contribution in [3.05, 3.63) is 70.9 Å². The molecule has 4 aromatic heterocycles. The Labute approximate surface area is 305 Å². The number of hydrogen-bond acceptors (Lipinski definition) is 9. The van der Waals surface area contributed by atoms with Crippen LogP contribution in [-0.2, 0) is 38.4 Å². The summed E-state index contributed by atoms with van der Waals surface area (Å²) in [5, 5.41) is 9.41. The van der Waals surface area contributed by atoms with E-state index in [1.54, 1.807) is 43.6 Å². The molecule has 53 heavy (non-hydrogen) atoms. The van der Waals surface area contributed by atoms with Gasteiger partial charge < -0.3 is 23.8 Å². The number of methoxy groups -OCH3 is 1. The summed E-state index contributed by atoms with van der Waals surface area (Å²) >= 11 is 0. The highest BCUT2D eigenvalue weighted by molar-refractivity contribution is 5.80. The Bertz CT molecular complexity index is 2180. The first-order chi connectivity index (χ1) is 25.6. The maximum absolute atomic E-state index is 15.1. The molecule has 0 spiro atoms. The molecule has 0 radical (unpaired) electrons. The average molecular weight is 728 g/mol. The number of aryl methyl sites for hydroxylation is 1. The number of ether oxygens (including phenoxy) is 2. The van der Waals surface area contributed by atoms with E-state index in [1.165, 1.54) is 7.11 Å². The Morgan fingerprint density at radius 2 is 1.87 bits per heavy atom. The van der Waals surface area contributed by atoms with Crippen LogP contribution in [0.1, 0.15) is 86.6 Å². The van der Waals surface area contributed by atoms with Crippen molar-refractivity contribution in [2.45, 2.75) is 77.8 Å². The molecule has 1 fully saturated rings. The second-order valence-electron chi connectivity index (χ2n) is 14.5. The number of carbonyl (C=O) groups is 2. The number of pyridine rings is 1. The smallest absolute Gasteiger partial charge is 0.316 e. The van der Waals surface area contributed by atoms with E-state index in [-0.39, 0.29) is 23.4 Å². The fourth-order valence-electron chi connectivity index (χ4n) is 8.18. The number of carbonyl (C=O) groups excluding carboxylic acids is 2. The average Bonchev–Trinajstić information content (AvgIpc) is 3.91. The molecule has 1 amide bonds. The number of hydrogen-bond donors (Lipinski definition) is 0. The summed E-state index contributed by atoms with van der Waals surface area (Å²) < 4.78 is 50.3. The van der Waals surface area contributed by atoms with Gasteiger partial charge in [0.25, 0.3) is 6.43 Å². The van der Waals surface area contributed by atoms with Crippen LogP contribution in [0, 0.1) is 5.92 Å². The zero-order chi connectivity index (χ0) is 37.0. The molecule has 0 N–H and O–H groups in total. The lowest BCUT2D eigenvalue weighted by atomic mass is 9.92. The molecule has 14 heteroatoms. The number of esters is 1. The number of amides is 1. The lowest BCUT2D eigenvalue weighted by Gasteiger charge is -2.33. The maximum atomic E-state index is 15.1. The Morgan fingerprint density at radius 3 is 2.60 bits per heavy atom. The third kappa shape index (κ3) is 6.26. The molecule has 3 aliphatic heterocycles. The van der Waals surface area contributed by atoms with E-state index in [0.29, 0.717) is 73.2 Å². The van der Waals surface area contributed by atoms with Crippen molar-refractivity contribution in [3.63, 3.8) is 0 Å². The molecule has 1 unspecified atom stereocenters. The SMILES string of the molecule is COC(=O)C(c1cc(-c2cnc3cc(-c4cc5c(cc4C(F)F)N(c4nn(C6CCOCC6)c6c4CN(C(C)=O)CC6)CCC5)ccn23)no1)C(C)C. The molecule has 278 valence electrons. The van der Waals surface area contributed by atoms with Gasteiger partial charge in [-0.05, 0) is 72.6 Å². The van der Waals surface area contributed by atoms with E-state index >= 15 is 8.78 Å². The molecular weight excluding hydrogens is 684 g/mol. The second-order valence-corrected chi connectivity index (χ2v) is 14.5. The summed E-state index contributed by atoms with van der Waals surface area (Å²) in [5.74, 6) is 0.0673. The number of anilines is 2. The van der Waals surface area contributed by atoms with Crippen molar-refractivity contribution in [3.8, 4) is 22.5 Å². The first-order valence-electron chi connectivity index (χ1n) is 18.3. The van der Waals surface area contributed by atoms with Gasteiger partial charge in [-0.1, -0.05) is 19.0 Å². The van der Waals surface area contributed by atoms with Crippen LogP contribution in [0.5, 0.6) is 0 Å². The van der Waals surface area contributed by atoms with Crippen LogP contribution in [0.25, 0.3) is 28.2 Å². The zero-order valence-electron chi connectivity index (χ0n) is 30.3. The number of imidazole rings is 1. The molecule has 0 aliphatic carbocycles. The van der Waals surface area contributed by atoms with Crippen molar-refractivity contribution in [2.24, 2.45) is 5.92 Å². The molecule has 3 aliphatic rings. The largest absolute Gasteiger partial charge is 0.468 e. The first kappa shape index (κ1) is 34.9. The van der Waals surface area contributed by atoms with E-state index in [2.05, 4.69) is 19.7 Å². The standard InChI is InChI=1S/C39H43F2N7O5/c1-22(2)36(39(50)51-4)34-19-30(44-53-34)33-20-42-35-17-24(7-13-46(33)35)27-16-25-6-5-11-47(32(25)18-28(27)37(40)41)38-29-21-45(23(3)49)12-8-31(29)48(43-38)26-9-14-52-15-10-26/h7,13,16-20,22,26,36-37H,5-6,8-12,14-15,21H2,1-4H3. The van der Waals surface area contributed by atoms with Crippen molar-refractivity contribution in [2.75, 3.05) is 38.3 Å². The molecule has 5 aromatic rings. The summed E-state index contributed by atoms with van der Waals surface area (Å²) in [4.78, 5) is 33.4. The minimum Gasteiger partial charge on any atom is -0.468 e. The van der Waals surface area contributed by atoms with Gasteiger partial charge in [-0.3, -0.25) is 18.7 Å². The highest BCUT2D eigenvalue weighted by atomic mass is 19.3. The molecule has 1 atom stereocenters. The van der Waals surface area contributed by atoms with Crippen molar-refractivity contribution >= 4 is 29.0 Å². The monoisotopic (exact) mass is 727 g/mol. The number of rotatable bonds is 8. The van der Waals surface area contributed by atoms with Gasteiger partial charge in [0.05, 0.1) is 31.6 Å². The second kappa shape index (κ2) is 14.0. The van der Waals surface area contributed by atoms with Gasteiger partial charge in [0.2, 0.25) is 5.91 Å². The third-order valence-corrected chi connectivity index (χ3v) is 11.0. The molecule has 8 rings (SSSR count). The normalized spacial score (nSPS) is 17.1. The van der Waals surface area contributed by atoms with E-state index in [4.69, 9.17) is 19.1 Å². The fraction of sp³-hybridized carbons (Fsp3) is 0.462. The van der Waals surface area contributed by atoms with Gasteiger partial charge in [-0.2, -0.15) is 5.10 Å². The number of alkyl halides is 2. The number of aromatic nitrogens is 5. The van der Waals surface area contributed by atoms with E-state index < -0.39 is 18.3 Å². The Balaban J connectivity index is 1.16. The Hall–Kier alpha value is -5.11. The minimum absolute atomic E-state index is 0.00904. The summed E-state index contributed by atoms with van der Waals surface area (Å²) in [6.45, 7) is 8.45. The van der Waals surface area contributed by atoms with Crippen LogP contribution in [-0.4, -0.2) is 74.5 Å². The zero-order valence-corrected chi connectivity index (χ0v) is 30.3. The van der Waals surface area contributed by atoms with Crippen LogP contribution in [0.4, 0.5) is 20.3 Å². The van der Waals surface area contributed by atoms with E-state index in [9.17, 15) is 9.59 Å². The molecule has 1 aromatic carbocycles. The third-order valence-electron chi connectivity index (χ3n) is 11.0. The van der Waals surface area contributed by atoms with Crippen molar-refractivity contribution in [1.29, 1.82) is 0 Å². The quantitative estimate of drug-likeness (QED) is 0.155. The Kier molecular flexibility index (Phi) is 9.25. The minimum atomic E-state index is -2.73. The molecule has 7 heterocycles. The molecule has 0 saturated carbocycles. The lowest BCUT2D eigenvalue weighted by molar-refractivity contribution is -0.144. The maximum Gasteiger partial charge on any atom is 0.316 e. The number of halogens is 2. The fourth-order valence-corrected chi connectivity index (χ4v) is 8.18. The summed E-state index contributed by atoms with van der Waals surface area (Å²) in [5.41, 5.74) is 6.50. The van der Waals surface area contributed by atoms with Gasteiger partial charge in [0, 0.05) is 74.4 Å². The molecule has 0 bridgehead atoms. The number of nitrogens with zero attached hydrogens (tertiary/aromatic N) is 7. The van der Waals surface area contributed by atoms with Gasteiger partial charge in [0.1, 0.15) is 17.3 Å². The summed E-state index contributed by atoms with van der Waals surface area (Å²) in [6, 6.07) is 9.03. The van der Waals surface area contributed by atoms with Crippen LogP contribution in [0.2, 0.25) is 0 Å². The predicted octanol–water partition coefficient (Wildman–Crippen LogP) is 7.04. The molecular formula is C39H43F2N7O5. The Morgan fingerprint density at radius 1 is 1.06 bits per heavy atom. The van der Waals surface area contributed by atoms with Gasteiger partial charge in [-0.15, -0.1) is 0 Å². The van der Waals surface area contributed by atoms with E-state index in [0.717, 1.165) is 54.0 Å². The van der Waals surface area contributed by atoms with Crippen LogP contribution >= 0.6 is 0 Å². The molecule has 12 nitrogen and oxygen atoms in total. The van der Waals surface area contributed by atoms with Gasteiger partial charge in [0.15, 0.2) is 11.6 Å². The summed E-state index contributed by atoms with van der Waals surface area (Å²) in [6.07, 6.45) is 4.68. The van der Waals surface area contributed by atoms with Crippen LogP contribution in [0.3, 0.4) is 0 Å². The highest BCUT2D eigenvalue weighted by Crippen LogP contribution is 2.44. The van der Waals surface area contributed by atoms with E-state index in [1.807, 2.05) is 29.2 Å².